The van der Waals surface area contributed by atoms with Crippen LogP contribution in [0.4, 0.5) is 18.9 Å². The molecule has 0 bridgehead atoms. The van der Waals surface area contributed by atoms with E-state index < -0.39 is 17.7 Å². The van der Waals surface area contributed by atoms with Crippen LogP contribution in [0.15, 0.2) is 30.5 Å². The largest absolute Gasteiger partial charge is 0.476 e. The van der Waals surface area contributed by atoms with E-state index in [-0.39, 0.29) is 24.5 Å². The molecular formula is C12H11F3N4O2. The zero-order chi connectivity index (χ0) is 15.5. The molecule has 112 valence electrons. The molecule has 1 heterocycles. The molecule has 0 spiro atoms. The third kappa shape index (κ3) is 3.71. The van der Waals surface area contributed by atoms with Gasteiger partial charge in [0.15, 0.2) is 5.69 Å². The number of halogens is 3. The van der Waals surface area contributed by atoms with Crippen LogP contribution < -0.4 is 5.32 Å². The van der Waals surface area contributed by atoms with Gasteiger partial charge in [-0.05, 0) is 12.1 Å². The van der Waals surface area contributed by atoms with Gasteiger partial charge in [-0.15, -0.1) is 5.10 Å². The molecule has 2 N–H and O–H groups in total. The third-order valence-corrected chi connectivity index (χ3v) is 2.65. The van der Waals surface area contributed by atoms with Crippen LogP contribution in [-0.4, -0.2) is 32.6 Å². The molecule has 9 heteroatoms. The molecule has 0 fully saturated rings. The Morgan fingerprint density at radius 3 is 2.67 bits per heavy atom. The second kappa shape index (κ2) is 5.81. The molecule has 6 nitrogen and oxygen atoms in total. The highest BCUT2D eigenvalue weighted by Gasteiger charge is 2.32. The van der Waals surface area contributed by atoms with Crippen LogP contribution in [0.5, 0.6) is 0 Å². The molecular weight excluding hydrogens is 289 g/mol. The van der Waals surface area contributed by atoms with Crippen molar-refractivity contribution in [2.45, 2.75) is 12.7 Å². The van der Waals surface area contributed by atoms with E-state index in [0.29, 0.717) is 0 Å². The average Bonchev–Trinajstić information content (AvgIpc) is 2.87. The summed E-state index contributed by atoms with van der Waals surface area (Å²) in [6.07, 6.45) is -3.23. The SMILES string of the molecule is O=C(O)c1cn(CCNc2ccccc2C(F)(F)F)nn1. The van der Waals surface area contributed by atoms with Crippen molar-refractivity contribution in [3.63, 3.8) is 0 Å². The first-order chi connectivity index (χ1) is 9.88. The number of carboxylic acids is 1. The molecule has 2 rings (SSSR count). The Labute approximate surface area is 117 Å². The van der Waals surface area contributed by atoms with Gasteiger partial charge in [-0.2, -0.15) is 13.2 Å². The Kier molecular flexibility index (Phi) is 4.10. The Morgan fingerprint density at radius 1 is 1.33 bits per heavy atom. The van der Waals surface area contributed by atoms with Crippen molar-refractivity contribution in [2.24, 2.45) is 0 Å². The lowest BCUT2D eigenvalue weighted by molar-refractivity contribution is -0.136. The summed E-state index contributed by atoms with van der Waals surface area (Å²) < 4.78 is 39.5. The van der Waals surface area contributed by atoms with Crippen molar-refractivity contribution < 1.29 is 23.1 Å². The summed E-state index contributed by atoms with van der Waals surface area (Å²) in [5, 5.41) is 18.3. The van der Waals surface area contributed by atoms with Gasteiger partial charge in [0, 0.05) is 12.2 Å². The summed E-state index contributed by atoms with van der Waals surface area (Å²) in [7, 11) is 0. The fraction of sp³-hybridized carbons (Fsp3) is 0.250. The Bertz CT molecular complexity index is 639. The van der Waals surface area contributed by atoms with Gasteiger partial charge in [-0.25, -0.2) is 9.48 Å². The predicted octanol–water partition coefficient (Wildman–Crippen LogP) is 2.11. The lowest BCUT2D eigenvalue weighted by Crippen LogP contribution is -2.15. The maximum atomic E-state index is 12.8. The Hall–Kier alpha value is -2.58. The lowest BCUT2D eigenvalue weighted by Gasteiger charge is -2.14. The summed E-state index contributed by atoms with van der Waals surface area (Å²) in [6.45, 7) is 0.335. The smallest absolute Gasteiger partial charge is 0.418 e. The van der Waals surface area contributed by atoms with Gasteiger partial charge in [0.25, 0.3) is 0 Å². The van der Waals surface area contributed by atoms with E-state index >= 15 is 0 Å². The number of hydrogen-bond acceptors (Lipinski definition) is 4. The molecule has 0 aliphatic rings. The zero-order valence-electron chi connectivity index (χ0n) is 10.6. The topological polar surface area (TPSA) is 80.0 Å². The van der Waals surface area contributed by atoms with Crippen molar-refractivity contribution in [1.29, 1.82) is 0 Å². The number of aromatic nitrogens is 3. The van der Waals surface area contributed by atoms with Gasteiger partial charge in [-0.3, -0.25) is 0 Å². The van der Waals surface area contributed by atoms with E-state index in [1.165, 1.54) is 29.1 Å². The van der Waals surface area contributed by atoms with E-state index in [1.807, 2.05) is 0 Å². The van der Waals surface area contributed by atoms with Gasteiger partial charge in [-0.1, -0.05) is 17.3 Å². The minimum Gasteiger partial charge on any atom is -0.476 e. The number of anilines is 1. The fourth-order valence-corrected chi connectivity index (χ4v) is 1.70. The van der Waals surface area contributed by atoms with Crippen molar-refractivity contribution in [2.75, 3.05) is 11.9 Å². The number of carbonyl (C=O) groups is 1. The molecule has 2 aromatic rings. The van der Waals surface area contributed by atoms with E-state index in [1.54, 1.807) is 0 Å². The number of nitrogens with one attached hydrogen (secondary N) is 1. The molecule has 1 aromatic heterocycles. The summed E-state index contributed by atoms with van der Waals surface area (Å²) in [4.78, 5) is 10.6. The monoisotopic (exact) mass is 300 g/mol. The number of alkyl halides is 3. The number of para-hydroxylation sites is 1. The van der Waals surface area contributed by atoms with Gasteiger partial charge in [0.2, 0.25) is 0 Å². The molecule has 0 unspecified atom stereocenters. The fourth-order valence-electron chi connectivity index (χ4n) is 1.70. The van der Waals surface area contributed by atoms with E-state index in [4.69, 9.17) is 5.11 Å². The third-order valence-electron chi connectivity index (χ3n) is 2.65. The Morgan fingerprint density at radius 2 is 2.05 bits per heavy atom. The van der Waals surface area contributed by atoms with E-state index in [0.717, 1.165) is 6.07 Å². The maximum absolute atomic E-state index is 12.8. The minimum atomic E-state index is -4.44. The van der Waals surface area contributed by atoms with Gasteiger partial charge in [0.1, 0.15) is 0 Å². The molecule has 0 aliphatic heterocycles. The molecule has 0 saturated carbocycles. The minimum absolute atomic E-state index is 0.0384. The normalized spacial score (nSPS) is 11.4. The highest BCUT2D eigenvalue weighted by molar-refractivity contribution is 5.84. The zero-order valence-corrected chi connectivity index (χ0v) is 10.6. The summed E-state index contributed by atoms with van der Waals surface area (Å²) in [5.74, 6) is -1.21. The second-order valence-electron chi connectivity index (χ2n) is 4.14. The average molecular weight is 300 g/mol. The van der Waals surface area contributed by atoms with Gasteiger partial charge < -0.3 is 10.4 Å². The highest BCUT2D eigenvalue weighted by atomic mass is 19.4. The first-order valence-corrected chi connectivity index (χ1v) is 5.91. The van der Waals surface area contributed by atoms with Crippen LogP contribution in [0.1, 0.15) is 16.1 Å². The van der Waals surface area contributed by atoms with Gasteiger partial charge in [0.05, 0.1) is 18.3 Å². The molecule has 0 aliphatic carbocycles. The summed E-state index contributed by atoms with van der Waals surface area (Å²) in [6, 6.07) is 5.12. The first kappa shape index (κ1) is 14.8. The van der Waals surface area contributed by atoms with E-state index in [2.05, 4.69) is 15.6 Å². The van der Waals surface area contributed by atoms with Crippen LogP contribution in [0.2, 0.25) is 0 Å². The maximum Gasteiger partial charge on any atom is 0.418 e. The Balaban J connectivity index is 1.99. The number of carboxylic acid groups (broad SMARTS) is 1. The number of aromatic carboxylic acids is 1. The van der Waals surface area contributed by atoms with Crippen molar-refractivity contribution in [3.8, 4) is 0 Å². The van der Waals surface area contributed by atoms with Crippen LogP contribution in [0, 0.1) is 0 Å². The first-order valence-electron chi connectivity index (χ1n) is 5.91. The summed E-state index contributed by atoms with van der Waals surface area (Å²) in [5.41, 5.74) is -1.01. The van der Waals surface area contributed by atoms with Crippen molar-refractivity contribution in [3.05, 3.63) is 41.7 Å². The quantitative estimate of drug-likeness (QED) is 0.884. The van der Waals surface area contributed by atoms with Crippen molar-refractivity contribution >= 4 is 11.7 Å². The molecule has 1 aromatic carbocycles. The number of hydrogen-bond donors (Lipinski definition) is 2. The number of nitrogens with zero attached hydrogens (tertiary/aromatic N) is 3. The number of rotatable bonds is 5. The molecule has 21 heavy (non-hydrogen) atoms. The lowest BCUT2D eigenvalue weighted by atomic mass is 10.1. The predicted molar refractivity (Wildman–Crippen MR) is 66.9 cm³/mol. The van der Waals surface area contributed by atoms with Crippen LogP contribution in [0.3, 0.4) is 0 Å². The molecule has 0 amide bonds. The summed E-state index contributed by atoms with van der Waals surface area (Å²) >= 11 is 0. The highest BCUT2D eigenvalue weighted by Crippen LogP contribution is 2.34. The second-order valence-corrected chi connectivity index (χ2v) is 4.14. The van der Waals surface area contributed by atoms with Gasteiger partial charge >= 0.3 is 12.1 Å². The molecule has 0 radical (unpaired) electrons. The van der Waals surface area contributed by atoms with Crippen LogP contribution in [0.25, 0.3) is 0 Å². The molecule has 0 atom stereocenters. The number of benzene rings is 1. The van der Waals surface area contributed by atoms with Crippen LogP contribution >= 0.6 is 0 Å². The molecule has 0 saturated heterocycles. The standard InChI is InChI=1S/C12H11F3N4O2/c13-12(14,15)8-3-1-2-4-9(8)16-5-6-19-7-10(11(20)21)17-18-19/h1-4,7,16H,5-6H2,(H,20,21). The van der Waals surface area contributed by atoms with Crippen molar-refractivity contribution in [1.82, 2.24) is 15.0 Å². The van der Waals surface area contributed by atoms with Crippen LogP contribution in [-0.2, 0) is 12.7 Å². The van der Waals surface area contributed by atoms with E-state index in [9.17, 15) is 18.0 Å².